The molecule has 11 nitrogen and oxygen atoms in total. The molecular weight excluding hydrogens is 352 g/mol. The molecule has 7 N–H and O–H groups in total. The highest BCUT2D eigenvalue weighted by Gasteiger charge is 2.44. The second-order valence-corrected chi connectivity index (χ2v) is 6.56. The fourth-order valence-corrected chi connectivity index (χ4v) is 3.31. The number of nitrogens with one attached hydrogen (secondary N) is 1. The fourth-order valence-electron chi connectivity index (χ4n) is 3.31. The van der Waals surface area contributed by atoms with Crippen molar-refractivity contribution in [1.82, 2.24) is 24.4 Å². The zero-order valence-electron chi connectivity index (χ0n) is 15.0. The number of fused-ring (bicyclic) bond motifs is 1. The number of hydrogen-bond donors (Lipinski definition) is 5. The van der Waals surface area contributed by atoms with E-state index < -0.39 is 24.5 Å². The molecule has 0 radical (unpaired) electrons. The van der Waals surface area contributed by atoms with Gasteiger partial charge in [-0.3, -0.25) is 9.47 Å². The third-order valence-electron chi connectivity index (χ3n) is 4.70. The van der Waals surface area contributed by atoms with Gasteiger partial charge in [0.25, 0.3) is 0 Å². The summed E-state index contributed by atoms with van der Waals surface area (Å²) in [6, 6.07) is 0. The quantitative estimate of drug-likeness (QED) is 0.263. The summed E-state index contributed by atoms with van der Waals surface area (Å²) in [6.45, 7) is 2.27. The summed E-state index contributed by atoms with van der Waals surface area (Å²) < 4.78 is 7.51. The van der Waals surface area contributed by atoms with Gasteiger partial charge in [0.1, 0.15) is 30.2 Å². The monoisotopic (exact) mass is 378 g/mol. The van der Waals surface area contributed by atoms with E-state index in [-0.39, 0.29) is 5.82 Å². The van der Waals surface area contributed by atoms with Crippen molar-refractivity contribution in [3.63, 3.8) is 0 Å². The molecule has 1 fully saturated rings. The molecule has 0 unspecified atom stereocenters. The highest BCUT2D eigenvalue weighted by molar-refractivity contribution is 5.81. The number of rotatable bonds is 9. The smallest absolute Gasteiger partial charge is 0.167 e. The van der Waals surface area contributed by atoms with Gasteiger partial charge < -0.3 is 31.8 Å². The van der Waals surface area contributed by atoms with Crippen LogP contribution in [0.5, 0.6) is 0 Å². The molecule has 4 atom stereocenters. The zero-order valence-corrected chi connectivity index (χ0v) is 15.0. The second-order valence-electron chi connectivity index (χ2n) is 6.56. The van der Waals surface area contributed by atoms with Crippen LogP contribution in [0.3, 0.4) is 0 Å². The van der Waals surface area contributed by atoms with Gasteiger partial charge >= 0.3 is 0 Å². The van der Waals surface area contributed by atoms with Gasteiger partial charge in [-0.2, -0.15) is 0 Å². The molecule has 148 valence electrons. The Labute approximate surface area is 156 Å². The number of imidazole rings is 1. The van der Waals surface area contributed by atoms with E-state index in [1.165, 1.54) is 18.9 Å². The molecule has 0 saturated carbocycles. The normalized spacial score (nSPS) is 25.5. The maximum absolute atomic E-state index is 10.5. The van der Waals surface area contributed by atoms with Crippen LogP contribution in [0.2, 0.25) is 0 Å². The minimum Gasteiger partial charge on any atom is -0.387 e. The average Bonchev–Trinajstić information content (AvgIpc) is 3.19. The molecule has 2 aromatic rings. The SMILES string of the molecule is N=CCCCN(CCN)C[C@H]1O[C@@H](n2cnc3c(N)ncnc32)[C@H](O)[C@@H]1O. The molecule has 1 aliphatic heterocycles. The van der Waals surface area contributed by atoms with E-state index in [9.17, 15) is 10.2 Å². The first-order chi connectivity index (χ1) is 13.1. The number of nitrogen functional groups attached to an aromatic ring is 1. The third kappa shape index (κ3) is 4.06. The van der Waals surface area contributed by atoms with Crippen LogP contribution in [0.4, 0.5) is 5.82 Å². The van der Waals surface area contributed by atoms with Gasteiger partial charge in [-0.05, 0) is 25.6 Å². The predicted octanol–water partition coefficient (Wildman–Crippen LogP) is -1.28. The van der Waals surface area contributed by atoms with E-state index in [4.69, 9.17) is 21.6 Å². The zero-order chi connectivity index (χ0) is 19.4. The minimum atomic E-state index is -1.13. The lowest BCUT2D eigenvalue weighted by Crippen LogP contribution is -2.42. The summed E-state index contributed by atoms with van der Waals surface area (Å²) in [7, 11) is 0. The number of ether oxygens (including phenoxy) is 1. The average molecular weight is 378 g/mol. The summed E-state index contributed by atoms with van der Waals surface area (Å²) in [5, 5.41) is 28.1. The molecule has 2 aromatic heterocycles. The molecule has 3 heterocycles. The lowest BCUT2D eigenvalue weighted by atomic mass is 10.1. The standard InChI is InChI=1S/C16H26N8O3/c17-3-1-2-5-23(6-4-18)7-10-12(25)13(26)16(27-10)24-9-22-11-14(19)20-8-21-15(11)24/h3,8-10,12-13,16-17,25-26H,1-2,4-7,18H2,(H2,19,20,21)/t10-,12-,13-,16-/m1/s1. The Balaban J connectivity index is 1.74. The molecule has 11 heteroatoms. The highest BCUT2D eigenvalue weighted by Crippen LogP contribution is 2.32. The fraction of sp³-hybridized carbons (Fsp3) is 0.625. The molecule has 1 saturated heterocycles. The van der Waals surface area contributed by atoms with Crippen LogP contribution in [-0.2, 0) is 4.74 Å². The number of unbranched alkanes of at least 4 members (excludes halogenated alkanes) is 1. The maximum Gasteiger partial charge on any atom is 0.167 e. The van der Waals surface area contributed by atoms with Crippen molar-refractivity contribution in [3.8, 4) is 0 Å². The first kappa shape index (κ1) is 19.6. The molecule has 3 rings (SSSR count). The van der Waals surface area contributed by atoms with Gasteiger partial charge in [0, 0.05) is 19.6 Å². The Kier molecular flexibility index (Phi) is 6.29. The van der Waals surface area contributed by atoms with Crippen molar-refractivity contribution >= 4 is 23.2 Å². The van der Waals surface area contributed by atoms with Crippen LogP contribution in [0, 0.1) is 5.41 Å². The number of nitrogens with zero attached hydrogens (tertiary/aromatic N) is 5. The van der Waals surface area contributed by atoms with E-state index in [1.54, 1.807) is 4.57 Å². The van der Waals surface area contributed by atoms with Crippen molar-refractivity contribution < 1.29 is 14.9 Å². The Morgan fingerprint density at radius 3 is 2.81 bits per heavy atom. The first-order valence-corrected chi connectivity index (χ1v) is 8.92. The number of anilines is 1. The van der Waals surface area contributed by atoms with Gasteiger partial charge in [0.15, 0.2) is 17.7 Å². The largest absolute Gasteiger partial charge is 0.387 e. The number of nitrogens with two attached hydrogens (primary N) is 2. The van der Waals surface area contributed by atoms with Gasteiger partial charge in [-0.25, -0.2) is 15.0 Å². The van der Waals surface area contributed by atoms with Crippen LogP contribution in [0.1, 0.15) is 19.1 Å². The van der Waals surface area contributed by atoms with E-state index in [0.717, 1.165) is 13.0 Å². The van der Waals surface area contributed by atoms with Crippen LogP contribution in [0.25, 0.3) is 11.2 Å². The molecule has 0 aromatic carbocycles. The summed E-state index contributed by atoms with van der Waals surface area (Å²) in [4.78, 5) is 14.3. The minimum absolute atomic E-state index is 0.239. The van der Waals surface area contributed by atoms with Crippen LogP contribution in [0.15, 0.2) is 12.7 Å². The van der Waals surface area contributed by atoms with Gasteiger partial charge in [-0.15, -0.1) is 0 Å². The lowest BCUT2D eigenvalue weighted by molar-refractivity contribution is -0.0439. The lowest BCUT2D eigenvalue weighted by Gasteiger charge is -2.26. The Morgan fingerprint density at radius 2 is 2.07 bits per heavy atom. The number of aliphatic hydroxyl groups excluding tert-OH is 2. The molecule has 1 aliphatic rings. The van der Waals surface area contributed by atoms with Crippen molar-refractivity contribution in [2.45, 2.75) is 37.4 Å². The molecule has 0 bridgehead atoms. The first-order valence-electron chi connectivity index (χ1n) is 8.92. The van der Waals surface area contributed by atoms with Crippen molar-refractivity contribution in [1.29, 1.82) is 5.41 Å². The number of aliphatic hydroxyl groups is 2. The van der Waals surface area contributed by atoms with E-state index in [0.29, 0.717) is 37.2 Å². The van der Waals surface area contributed by atoms with Crippen molar-refractivity contribution in [2.75, 3.05) is 31.9 Å². The predicted molar refractivity (Wildman–Crippen MR) is 99.2 cm³/mol. The van der Waals surface area contributed by atoms with Crippen LogP contribution in [-0.4, -0.2) is 85.3 Å². The number of aromatic nitrogens is 4. The summed E-state index contributed by atoms with van der Waals surface area (Å²) in [6.07, 6.45) is 2.05. The molecule has 0 spiro atoms. The summed E-state index contributed by atoms with van der Waals surface area (Å²) in [5.74, 6) is 0.239. The highest BCUT2D eigenvalue weighted by atomic mass is 16.6. The Bertz CT molecular complexity index is 769. The van der Waals surface area contributed by atoms with E-state index in [2.05, 4.69) is 19.9 Å². The molecule has 0 amide bonds. The van der Waals surface area contributed by atoms with E-state index in [1.807, 2.05) is 0 Å². The van der Waals surface area contributed by atoms with Gasteiger partial charge in [0.2, 0.25) is 0 Å². The Hall–Kier alpha value is -2.18. The number of hydrogen-bond acceptors (Lipinski definition) is 10. The van der Waals surface area contributed by atoms with Gasteiger partial charge in [0.05, 0.1) is 6.33 Å². The van der Waals surface area contributed by atoms with Gasteiger partial charge in [-0.1, -0.05) is 0 Å². The van der Waals surface area contributed by atoms with Crippen molar-refractivity contribution in [2.24, 2.45) is 5.73 Å². The maximum atomic E-state index is 10.5. The third-order valence-corrected chi connectivity index (χ3v) is 4.70. The summed E-state index contributed by atoms with van der Waals surface area (Å²) >= 11 is 0. The van der Waals surface area contributed by atoms with E-state index >= 15 is 0 Å². The Morgan fingerprint density at radius 1 is 1.26 bits per heavy atom. The van der Waals surface area contributed by atoms with Crippen LogP contribution < -0.4 is 11.5 Å². The van der Waals surface area contributed by atoms with Crippen molar-refractivity contribution in [3.05, 3.63) is 12.7 Å². The molecular formula is C16H26N8O3. The molecule has 0 aliphatic carbocycles. The summed E-state index contributed by atoms with van der Waals surface area (Å²) in [5.41, 5.74) is 12.3. The second kappa shape index (κ2) is 8.67. The molecule has 27 heavy (non-hydrogen) atoms. The van der Waals surface area contributed by atoms with Crippen LogP contribution >= 0.6 is 0 Å². The topological polar surface area (TPSA) is 172 Å².